The zero-order valence-electron chi connectivity index (χ0n) is 15.9. The van der Waals surface area contributed by atoms with Gasteiger partial charge in [-0.05, 0) is 32.1 Å². The number of nitrogens with two attached hydrogens (primary N) is 2. The quantitative estimate of drug-likeness (QED) is 0.467. The molecule has 0 aliphatic carbocycles. The average Bonchev–Trinajstić information content (AvgIpc) is 2.67. The zero-order chi connectivity index (χ0) is 20.4. The maximum absolute atomic E-state index is 9.38. The SMILES string of the molecule is CC(c1ccc(C2N=C(NC#N)Nc3nc(N)c(C#N)c(N)c32)cc1)N(C)C. The first-order valence-electron chi connectivity index (χ1n) is 8.62. The highest BCUT2D eigenvalue weighted by atomic mass is 15.2. The van der Waals surface area contributed by atoms with E-state index in [2.05, 4.69) is 32.4 Å². The summed E-state index contributed by atoms with van der Waals surface area (Å²) >= 11 is 0. The molecule has 1 aromatic carbocycles. The summed E-state index contributed by atoms with van der Waals surface area (Å²) in [4.78, 5) is 10.9. The predicted molar refractivity (Wildman–Crippen MR) is 108 cm³/mol. The number of nitriles is 2. The van der Waals surface area contributed by atoms with E-state index in [4.69, 9.17) is 16.7 Å². The normalized spacial score (nSPS) is 16.2. The molecule has 0 spiro atoms. The second-order valence-electron chi connectivity index (χ2n) is 6.71. The Morgan fingerprint density at radius 3 is 2.46 bits per heavy atom. The van der Waals surface area contributed by atoms with Crippen LogP contribution in [0.3, 0.4) is 0 Å². The van der Waals surface area contributed by atoms with Crippen molar-refractivity contribution in [1.29, 1.82) is 10.5 Å². The van der Waals surface area contributed by atoms with Crippen molar-refractivity contribution < 1.29 is 0 Å². The number of aliphatic imine (C=N–C) groups is 1. The molecule has 9 heteroatoms. The molecule has 1 aliphatic heterocycles. The minimum absolute atomic E-state index is 0.0263. The lowest BCUT2D eigenvalue weighted by atomic mass is 9.94. The van der Waals surface area contributed by atoms with Crippen molar-refractivity contribution >= 4 is 23.3 Å². The number of guanidine groups is 1. The van der Waals surface area contributed by atoms with Crippen molar-refractivity contribution in [1.82, 2.24) is 15.2 Å². The molecule has 0 amide bonds. The molecule has 6 N–H and O–H groups in total. The van der Waals surface area contributed by atoms with Gasteiger partial charge < -0.3 is 21.7 Å². The van der Waals surface area contributed by atoms with E-state index in [1.807, 2.05) is 50.6 Å². The Balaban J connectivity index is 2.12. The van der Waals surface area contributed by atoms with Gasteiger partial charge >= 0.3 is 0 Å². The Labute approximate surface area is 163 Å². The van der Waals surface area contributed by atoms with Gasteiger partial charge in [0.2, 0.25) is 5.96 Å². The molecule has 3 rings (SSSR count). The van der Waals surface area contributed by atoms with E-state index in [1.54, 1.807) is 0 Å². The fourth-order valence-electron chi connectivity index (χ4n) is 3.08. The molecule has 0 bridgehead atoms. The fourth-order valence-corrected chi connectivity index (χ4v) is 3.08. The standard InChI is InChI=1S/C19H21N9/c1-10(28(2)3)11-4-6-12(7-5-11)16-14-15(22)13(8-20)17(23)26-18(14)27-19(25-16)24-9-21/h4-7,10,16H,1-3H3,(H6,22,23,24,25,26,27). The highest BCUT2D eigenvalue weighted by Gasteiger charge is 2.29. The number of pyridine rings is 1. The van der Waals surface area contributed by atoms with Gasteiger partial charge in [-0.15, -0.1) is 0 Å². The van der Waals surface area contributed by atoms with Crippen molar-refractivity contribution in [2.45, 2.75) is 19.0 Å². The van der Waals surface area contributed by atoms with Crippen LogP contribution in [0, 0.1) is 22.8 Å². The van der Waals surface area contributed by atoms with Gasteiger partial charge in [0.15, 0.2) is 6.19 Å². The van der Waals surface area contributed by atoms with Crippen LogP contribution < -0.4 is 22.1 Å². The summed E-state index contributed by atoms with van der Waals surface area (Å²) in [7, 11) is 4.04. The van der Waals surface area contributed by atoms with Crippen LogP contribution in [0.1, 0.15) is 41.3 Å². The maximum Gasteiger partial charge on any atom is 0.211 e. The van der Waals surface area contributed by atoms with E-state index in [9.17, 15) is 5.26 Å². The van der Waals surface area contributed by atoms with Gasteiger partial charge in [-0.3, -0.25) is 5.32 Å². The summed E-state index contributed by atoms with van der Waals surface area (Å²) in [6.07, 6.45) is 1.84. The maximum atomic E-state index is 9.38. The smallest absolute Gasteiger partial charge is 0.211 e. The number of anilines is 3. The Hall–Kier alpha value is -3.82. The van der Waals surface area contributed by atoms with Crippen molar-refractivity contribution in [3.05, 3.63) is 46.5 Å². The highest BCUT2D eigenvalue weighted by Crippen LogP contribution is 2.40. The van der Waals surface area contributed by atoms with Crippen molar-refractivity contribution in [2.75, 3.05) is 30.9 Å². The van der Waals surface area contributed by atoms with Crippen LogP contribution >= 0.6 is 0 Å². The number of benzene rings is 1. The van der Waals surface area contributed by atoms with E-state index in [0.717, 1.165) is 11.1 Å². The summed E-state index contributed by atoms with van der Waals surface area (Å²) in [6.45, 7) is 2.12. The second-order valence-corrected chi connectivity index (χ2v) is 6.71. The summed E-state index contributed by atoms with van der Waals surface area (Å²) < 4.78 is 0. The number of hydrogen-bond acceptors (Lipinski definition) is 9. The van der Waals surface area contributed by atoms with Crippen molar-refractivity contribution in [2.24, 2.45) is 4.99 Å². The molecule has 2 atom stereocenters. The Bertz CT molecular complexity index is 1010. The molecule has 0 fully saturated rings. The second kappa shape index (κ2) is 7.43. The number of hydrogen-bond donors (Lipinski definition) is 4. The number of rotatable bonds is 3. The monoisotopic (exact) mass is 375 g/mol. The third kappa shape index (κ3) is 3.27. The minimum Gasteiger partial charge on any atom is -0.397 e. The van der Waals surface area contributed by atoms with E-state index in [1.165, 1.54) is 0 Å². The topological polar surface area (TPSA) is 152 Å². The third-order valence-corrected chi connectivity index (χ3v) is 4.87. The molecule has 2 heterocycles. The van der Waals surface area contributed by atoms with Gasteiger partial charge in [0.25, 0.3) is 0 Å². The van der Waals surface area contributed by atoms with Gasteiger partial charge in [0.05, 0.1) is 5.69 Å². The minimum atomic E-state index is -0.531. The van der Waals surface area contributed by atoms with Crippen LogP contribution in [0.2, 0.25) is 0 Å². The first kappa shape index (κ1) is 19.0. The van der Waals surface area contributed by atoms with Crippen LogP contribution in [0.25, 0.3) is 0 Å². The number of nitrogens with zero attached hydrogens (tertiary/aromatic N) is 5. The average molecular weight is 375 g/mol. The Morgan fingerprint density at radius 2 is 1.89 bits per heavy atom. The van der Waals surface area contributed by atoms with Crippen LogP contribution in [0.15, 0.2) is 29.3 Å². The molecular formula is C19H21N9. The summed E-state index contributed by atoms with van der Waals surface area (Å²) in [6, 6.07) is 9.70. The van der Waals surface area contributed by atoms with Crippen LogP contribution in [0.4, 0.5) is 17.3 Å². The lowest BCUT2D eigenvalue weighted by molar-refractivity contribution is 0.321. The molecule has 2 aromatic rings. The fraction of sp³-hybridized carbons (Fsp3) is 0.263. The van der Waals surface area contributed by atoms with E-state index < -0.39 is 6.04 Å². The molecule has 1 aliphatic rings. The highest BCUT2D eigenvalue weighted by molar-refractivity contribution is 5.98. The van der Waals surface area contributed by atoms with Crippen molar-refractivity contribution in [3.63, 3.8) is 0 Å². The zero-order valence-corrected chi connectivity index (χ0v) is 15.9. The molecule has 1 aromatic heterocycles. The third-order valence-electron chi connectivity index (χ3n) is 4.87. The lowest BCUT2D eigenvalue weighted by Crippen LogP contribution is -2.32. The van der Waals surface area contributed by atoms with E-state index in [0.29, 0.717) is 11.4 Å². The molecule has 9 nitrogen and oxygen atoms in total. The first-order chi connectivity index (χ1) is 13.4. The molecule has 2 unspecified atom stereocenters. The molecule has 0 saturated carbocycles. The van der Waals surface area contributed by atoms with E-state index >= 15 is 0 Å². The van der Waals surface area contributed by atoms with Gasteiger partial charge in [-0.1, -0.05) is 24.3 Å². The Kier molecular flexibility index (Phi) is 5.03. The number of nitrogens with one attached hydrogen (secondary N) is 2. The Morgan fingerprint density at radius 1 is 1.21 bits per heavy atom. The first-order valence-corrected chi connectivity index (χ1v) is 8.62. The summed E-state index contributed by atoms with van der Waals surface area (Å²) in [5.74, 6) is 0.637. The largest absolute Gasteiger partial charge is 0.397 e. The van der Waals surface area contributed by atoms with Gasteiger partial charge in [0, 0.05) is 11.6 Å². The number of fused-ring (bicyclic) bond motifs is 1. The summed E-state index contributed by atoms with van der Waals surface area (Å²) in [5, 5.41) is 23.7. The molecule has 142 valence electrons. The van der Waals surface area contributed by atoms with Crippen LogP contribution in [-0.4, -0.2) is 29.9 Å². The molecular weight excluding hydrogens is 354 g/mol. The van der Waals surface area contributed by atoms with Crippen LogP contribution in [0.5, 0.6) is 0 Å². The lowest BCUT2D eigenvalue weighted by Gasteiger charge is -2.26. The van der Waals surface area contributed by atoms with Gasteiger partial charge in [-0.25, -0.2) is 9.98 Å². The van der Waals surface area contributed by atoms with Gasteiger partial charge in [-0.2, -0.15) is 10.5 Å². The number of aromatic nitrogens is 1. The molecule has 0 saturated heterocycles. The number of nitrogen functional groups attached to an aromatic ring is 2. The van der Waals surface area contributed by atoms with Crippen LogP contribution in [-0.2, 0) is 0 Å². The predicted octanol–water partition coefficient (Wildman–Crippen LogP) is 1.68. The molecule has 28 heavy (non-hydrogen) atoms. The van der Waals surface area contributed by atoms with Crippen molar-refractivity contribution in [3.8, 4) is 12.3 Å². The van der Waals surface area contributed by atoms with E-state index in [-0.39, 0.29) is 29.1 Å². The summed E-state index contributed by atoms with van der Waals surface area (Å²) in [5.41, 5.74) is 15.0. The molecule has 0 radical (unpaired) electrons. The van der Waals surface area contributed by atoms with Gasteiger partial charge in [0.1, 0.15) is 29.3 Å².